The molecule has 5 aromatic rings. The molecule has 0 fully saturated rings. The van der Waals surface area contributed by atoms with E-state index < -0.39 is 7.26 Å². The van der Waals surface area contributed by atoms with E-state index in [4.69, 9.17) is 0 Å². The highest BCUT2D eigenvalue weighted by atomic mass is 31.2. The summed E-state index contributed by atoms with van der Waals surface area (Å²) in [6.45, 7) is 6.80. The number of benzene rings is 5. The van der Waals surface area contributed by atoms with E-state index in [0.717, 1.165) is 12.6 Å². The standard InChI is InChI=1S/C35H32P/c1-25-21-26(2)34(27(3)22-25)24-36(29-14-6-4-7-15-29,30-16-8-5-9-17-30)35-20-12-19-32-31-18-11-10-13-28(31)23-33(32)35/h4-22H,23-24H2,1-3H3/q+1. The van der Waals surface area contributed by atoms with Gasteiger partial charge in [-0.3, -0.25) is 0 Å². The molecule has 0 saturated carbocycles. The van der Waals surface area contributed by atoms with Crippen LogP contribution in [0.25, 0.3) is 11.1 Å². The van der Waals surface area contributed by atoms with Crippen molar-refractivity contribution in [2.45, 2.75) is 33.4 Å². The summed E-state index contributed by atoms with van der Waals surface area (Å²) in [5.41, 5.74) is 11.4. The molecule has 0 amide bonds. The summed E-state index contributed by atoms with van der Waals surface area (Å²) in [4.78, 5) is 0. The van der Waals surface area contributed by atoms with Crippen LogP contribution in [0.5, 0.6) is 0 Å². The molecule has 0 spiro atoms. The van der Waals surface area contributed by atoms with Crippen molar-refractivity contribution in [2.75, 3.05) is 0 Å². The van der Waals surface area contributed by atoms with Gasteiger partial charge in [-0.1, -0.05) is 90.5 Å². The Labute approximate surface area is 216 Å². The molecular weight excluding hydrogens is 451 g/mol. The molecule has 0 aliphatic heterocycles. The van der Waals surface area contributed by atoms with E-state index >= 15 is 0 Å². The summed E-state index contributed by atoms with van der Waals surface area (Å²) in [6.07, 6.45) is 2.04. The Hall–Kier alpha value is -3.47. The predicted octanol–water partition coefficient (Wildman–Crippen LogP) is 7.68. The van der Waals surface area contributed by atoms with E-state index in [1.165, 1.54) is 60.4 Å². The number of hydrogen-bond acceptors (Lipinski definition) is 0. The maximum absolute atomic E-state index is 2.44. The van der Waals surface area contributed by atoms with E-state index in [2.05, 4.69) is 136 Å². The van der Waals surface area contributed by atoms with Crippen LogP contribution in [0.2, 0.25) is 0 Å². The van der Waals surface area contributed by atoms with E-state index in [1.807, 2.05) is 0 Å². The Morgan fingerprint density at radius 3 is 1.78 bits per heavy atom. The lowest BCUT2D eigenvalue weighted by Gasteiger charge is -2.30. The molecular formula is C35H32P+. The Kier molecular flexibility index (Phi) is 5.87. The minimum absolute atomic E-state index is 1.01. The normalized spacial score (nSPS) is 12.3. The first-order valence-corrected chi connectivity index (χ1v) is 14.8. The van der Waals surface area contributed by atoms with E-state index in [-0.39, 0.29) is 0 Å². The highest BCUT2D eigenvalue weighted by Gasteiger charge is 2.48. The molecule has 0 nitrogen and oxygen atoms in total. The van der Waals surface area contributed by atoms with Gasteiger partial charge in [0.05, 0.1) is 6.16 Å². The van der Waals surface area contributed by atoms with Crippen LogP contribution in [-0.4, -0.2) is 0 Å². The van der Waals surface area contributed by atoms with Crippen molar-refractivity contribution in [3.05, 3.63) is 149 Å². The molecule has 0 atom stereocenters. The van der Waals surface area contributed by atoms with Crippen molar-refractivity contribution in [2.24, 2.45) is 0 Å². The fourth-order valence-electron chi connectivity index (χ4n) is 6.25. The smallest absolute Gasteiger partial charge is 0.0620 e. The van der Waals surface area contributed by atoms with Gasteiger partial charge in [-0.25, -0.2) is 0 Å². The molecule has 1 aliphatic carbocycles. The fourth-order valence-corrected chi connectivity index (χ4v) is 11.0. The molecule has 0 radical (unpaired) electrons. The molecule has 176 valence electrons. The van der Waals surface area contributed by atoms with Crippen LogP contribution >= 0.6 is 7.26 Å². The molecule has 36 heavy (non-hydrogen) atoms. The number of rotatable bonds is 5. The SMILES string of the molecule is Cc1cc(C)c(C[P+](c2ccccc2)(c2ccccc2)c2cccc3c2Cc2ccccc2-3)c(C)c1. The molecule has 5 aromatic carbocycles. The predicted molar refractivity (Wildman–Crippen MR) is 158 cm³/mol. The molecule has 0 heterocycles. The van der Waals surface area contributed by atoms with Gasteiger partial charge in [0.25, 0.3) is 0 Å². The summed E-state index contributed by atoms with van der Waals surface area (Å²) in [5, 5.41) is 4.45. The quantitative estimate of drug-likeness (QED) is 0.221. The van der Waals surface area contributed by atoms with E-state index in [9.17, 15) is 0 Å². The molecule has 1 heteroatoms. The largest absolute Gasteiger partial charge is 0.116 e. The van der Waals surface area contributed by atoms with Crippen LogP contribution < -0.4 is 15.9 Å². The molecule has 0 N–H and O–H groups in total. The van der Waals surface area contributed by atoms with Gasteiger partial charge in [0.15, 0.2) is 0 Å². The van der Waals surface area contributed by atoms with Gasteiger partial charge in [-0.05, 0) is 84.5 Å². The molecule has 0 unspecified atom stereocenters. The van der Waals surface area contributed by atoms with Crippen molar-refractivity contribution >= 4 is 23.2 Å². The van der Waals surface area contributed by atoms with Crippen LogP contribution in [0.15, 0.2) is 115 Å². The average Bonchev–Trinajstić information content (AvgIpc) is 3.29. The van der Waals surface area contributed by atoms with Crippen molar-refractivity contribution in [1.82, 2.24) is 0 Å². The molecule has 0 aromatic heterocycles. The van der Waals surface area contributed by atoms with Gasteiger partial charge >= 0.3 is 0 Å². The number of hydrogen-bond donors (Lipinski definition) is 0. The van der Waals surface area contributed by atoms with Crippen LogP contribution in [0.3, 0.4) is 0 Å². The van der Waals surface area contributed by atoms with E-state index in [1.54, 1.807) is 0 Å². The van der Waals surface area contributed by atoms with Crippen molar-refractivity contribution < 1.29 is 0 Å². The lowest BCUT2D eigenvalue weighted by atomic mass is 10.0. The topological polar surface area (TPSA) is 0 Å². The maximum atomic E-state index is 2.44. The minimum atomic E-state index is -2.01. The van der Waals surface area contributed by atoms with Crippen LogP contribution in [0, 0.1) is 20.8 Å². The first-order chi connectivity index (χ1) is 17.6. The average molecular weight is 484 g/mol. The van der Waals surface area contributed by atoms with Gasteiger partial charge in [-0.15, -0.1) is 0 Å². The number of aryl methyl sites for hydroxylation is 3. The minimum Gasteiger partial charge on any atom is -0.0620 e. The first-order valence-electron chi connectivity index (χ1n) is 12.8. The lowest BCUT2D eigenvalue weighted by molar-refractivity contribution is 1.20. The van der Waals surface area contributed by atoms with Crippen molar-refractivity contribution in [3.8, 4) is 11.1 Å². The monoisotopic (exact) mass is 483 g/mol. The highest BCUT2D eigenvalue weighted by Crippen LogP contribution is 2.60. The zero-order valence-electron chi connectivity index (χ0n) is 21.3. The van der Waals surface area contributed by atoms with Gasteiger partial charge < -0.3 is 0 Å². The Balaban J connectivity index is 1.69. The maximum Gasteiger partial charge on any atom is 0.116 e. The second-order valence-corrected chi connectivity index (χ2v) is 13.6. The first kappa shape index (κ1) is 23.0. The molecule has 0 bridgehead atoms. The van der Waals surface area contributed by atoms with Gasteiger partial charge in [0, 0.05) is 12.0 Å². The fraction of sp³-hybridized carbons (Fsp3) is 0.143. The van der Waals surface area contributed by atoms with Crippen LogP contribution in [-0.2, 0) is 12.6 Å². The summed E-state index contributed by atoms with van der Waals surface area (Å²) in [5.74, 6) is 0. The van der Waals surface area contributed by atoms with Crippen molar-refractivity contribution in [1.29, 1.82) is 0 Å². The van der Waals surface area contributed by atoms with Gasteiger partial charge in [0.2, 0.25) is 0 Å². The third kappa shape index (κ3) is 3.73. The summed E-state index contributed by atoms with van der Waals surface area (Å²) in [7, 11) is -2.01. The van der Waals surface area contributed by atoms with Gasteiger partial charge in [-0.2, -0.15) is 0 Å². The van der Waals surface area contributed by atoms with Crippen LogP contribution in [0.1, 0.15) is 33.4 Å². The van der Waals surface area contributed by atoms with Crippen LogP contribution in [0.4, 0.5) is 0 Å². The molecule has 0 saturated heterocycles. The lowest BCUT2D eigenvalue weighted by Crippen LogP contribution is -2.34. The third-order valence-corrected chi connectivity index (χ3v) is 12.3. The second kappa shape index (κ2) is 9.20. The summed E-state index contributed by atoms with van der Waals surface area (Å²) in [6, 6.07) is 43.4. The zero-order chi connectivity index (χ0) is 24.7. The molecule has 1 aliphatic rings. The Morgan fingerprint density at radius 2 is 1.14 bits per heavy atom. The molecule has 6 rings (SSSR count). The Bertz CT molecular complexity index is 1480. The highest BCUT2D eigenvalue weighted by molar-refractivity contribution is 7.95. The van der Waals surface area contributed by atoms with Gasteiger partial charge in [0.1, 0.15) is 23.2 Å². The van der Waals surface area contributed by atoms with Crippen molar-refractivity contribution in [3.63, 3.8) is 0 Å². The zero-order valence-corrected chi connectivity index (χ0v) is 22.2. The summed E-state index contributed by atoms with van der Waals surface area (Å²) < 4.78 is 0. The third-order valence-electron chi connectivity index (χ3n) is 7.87. The Morgan fingerprint density at radius 1 is 0.583 bits per heavy atom. The summed E-state index contributed by atoms with van der Waals surface area (Å²) >= 11 is 0. The second-order valence-electron chi connectivity index (χ2n) is 10.2. The van der Waals surface area contributed by atoms with E-state index in [0.29, 0.717) is 0 Å². The number of fused-ring (bicyclic) bond motifs is 3.